The van der Waals surface area contributed by atoms with E-state index in [0.29, 0.717) is 16.3 Å². The summed E-state index contributed by atoms with van der Waals surface area (Å²) in [6.45, 7) is 1.37. The van der Waals surface area contributed by atoms with Gasteiger partial charge in [0.05, 0.1) is 17.7 Å². The third kappa shape index (κ3) is 8.73. The second-order valence-corrected chi connectivity index (χ2v) is 14.2. The van der Waals surface area contributed by atoms with E-state index in [2.05, 4.69) is 5.32 Å². The predicted molar refractivity (Wildman–Crippen MR) is 185 cm³/mol. The lowest BCUT2D eigenvalue weighted by atomic mass is 10.0. The Morgan fingerprint density at radius 2 is 1.57 bits per heavy atom. The Labute approximate surface area is 282 Å². The molecule has 1 atom stereocenters. The quantitative estimate of drug-likeness (QED) is 0.174. The van der Waals surface area contributed by atoms with E-state index < -0.39 is 28.5 Å². The molecular formula is C37H40ClN3O5S. The highest BCUT2D eigenvalue weighted by atomic mass is 35.5. The highest BCUT2D eigenvalue weighted by Gasteiger charge is 2.35. The van der Waals surface area contributed by atoms with E-state index in [9.17, 15) is 18.0 Å². The molecule has 0 heterocycles. The Kier molecular flexibility index (Phi) is 11.2. The van der Waals surface area contributed by atoms with Gasteiger partial charge in [-0.05, 0) is 67.3 Å². The fourth-order valence-corrected chi connectivity index (χ4v) is 7.50. The molecule has 4 aromatic rings. The Morgan fingerprint density at radius 1 is 0.894 bits per heavy atom. The van der Waals surface area contributed by atoms with Crippen LogP contribution in [0.5, 0.6) is 5.75 Å². The maximum Gasteiger partial charge on any atom is 0.264 e. The summed E-state index contributed by atoms with van der Waals surface area (Å²) in [5.74, 6) is -0.371. The van der Waals surface area contributed by atoms with Crippen molar-refractivity contribution in [2.45, 2.75) is 62.6 Å². The van der Waals surface area contributed by atoms with Gasteiger partial charge < -0.3 is 15.0 Å². The lowest BCUT2D eigenvalue weighted by Gasteiger charge is -2.34. The number of methoxy groups -OCH3 is 1. The maximum absolute atomic E-state index is 14.7. The van der Waals surface area contributed by atoms with Crippen LogP contribution in [-0.4, -0.2) is 50.9 Å². The Bertz CT molecular complexity index is 1780. The van der Waals surface area contributed by atoms with E-state index >= 15 is 0 Å². The highest BCUT2D eigenvalue weighted by molar-refractivity contribution is 7.92. The molecule has 0 spiro atoms. The number of nitrogens with zero attached hydrogens (tertiary/aromatic N) is 2. The third-order valence-electron chi connectivity index (χ3n) is 8.44. The summed E-state index contributed by atoms with van der Waals surface area (Å²) >= 11 is 6.34. The molecule has 10 heteroatoms. The summed E-state index contributed by atoms with van der Waals surface area (Å²) in [5, 5.41) is 3.68. The molecule has 0 aliphatic heterocycles. The molecule has 0 radical (unpaired) electrons. The summed E-state index contributed by atoms with van der Waals surface area (Å²) in [5.41, 5.74) is 2.75. The monoisotopic (exact) mass is 673 g/mol. The molecule has 4 aromatic carbocycles. The first-order chi connectivity index (χ1) is 22.6. The molecule has 0 unspecified atom stereocenters. The zero-order valence-electron chi connectivity index (χ0n) is 26.6. The molecular weight excluding hydrogens is 634 g/mol. The van der Waals surface area contributed by atoms with E-state index in [-0.39, 0.29) is 35.5 Å². The van der Waals surface area contributed by atoms with Crippen LogP contribution in [-0.2, 0) is 32.6 Å². The van der Waals surface area contributed by atoms with Crippen molar-refractivity contribution >= 4 is 39.1 Å². The molecule has 47 heavy (non-hydrogen) atoms. The maximum atomic E-state index is 14.7. The minimum atomic E-state index is -4.22. The highest BCUT2D eigenvalue weighted by Crippen LogP contribution is 2.28. The molecule has 0 bridgehead atoms. The van der Waals surface area contributed by atoms with Crippen LogP contribution in [0, 0.1) is 6.92 Å². The number of halogens is 1. The standard InChI is InChI=1S/C37H40ClN3O5S/c1-27-18-20-34(21-19-27)47(44,45)41(32-16-9-17-33(24-32)46-2)26-36(42)40(25-29-12-8-13-30(38)22-29)35(23-28-10-4-3-5-11-28)37(43)39-31-14-6-7-15-31/h3-5,8-13,16-22,24,31,35H,6-7,14-15,23,25-26H2,1-2H3,(H,39,43)/t35-/m1/s1. The van der Waals surface area contributed by atoms with Gasteiger partial charge in [0, 0.05) is 30.1 Å². The Morgan fingerprint density at radius 3 is 2.26 bits per heavy atom. The van der Waals surface area contributed by atoms with Crippen LogP contribution in [0.15, 0.2) is 108 Å². The van der Waals surface area contributed by atoms with Crippen molar-refractivity contribution in [1.29, 1.82) is 0 Å². The van der Waals surface area contributed by atoms with E-state index in [1.165, 1.54) is 24.1 Å². The van der Waals surface area contributed by atoms with Crippen molar-refractivity contribution in [2.75, 3.05) is 18.0 Å². The van der Waals surface area contributed by atoms with Gasteiger partial charge in [-0.15, -0.1) is 0 Å². The lowest BCUT2D eigenvalue weighted by molar-refractivity contribution is -0.140. The molecule has 8 nitrogen and oxygen atoms in total. The number of carbonyl (C=O) groups excluding carboxylic acids is 2. The van der Waals surface area contributed by atoms with Crippen LogP contribution >= 0.6 is 11.6 Å². The molecule has 1 saturated carbocycles. The zero-order valence-corrected chi connectivity index (χ0v) is 28.2. The molecule has 1 aliphatic carbocycles. The SMILES string of the molecule is COc1cccc(N(CC(=O)N(Cc2cccc(Cl)c2)[C@H](Cc2ccccc2)C(=O)NC2CCCC2)S(=O)(=O)c2ccc(C)cc2)c1. The van der Waals surface area contributed by atoms with Crippen molar-refractivity contribution in [3.05, 3.63) is 125 Å². The van der Waals surface area contributed by atoms with Gasteiger partial charge in [-0.1, -0.05) is 90.7 Å². The van der Waals surface area contributed by atoms with Crippen molar-refractivity contribution < 1.29 is 22.7 Å². The first-order valence-corrected chi connectivity index (χ1v) is 17.6. The minimum Gasteiger partial charge on any atom is -0.497 e. The van der Waals surface area contributed by atoms with Crippen LogP contribution in [0.25, 0.3) is 0 Å². The van der Waals surface area contributed by atoms with Crippen LogP contribution in [0.4, 0.5) is 5.69 Å². The van der Waals surface area contributed by atoms with Crippen LogP contribution in [0.2, 0.25) is 5.02 Å². The molecule has 0 saturated heterocycles. The lowest BCUT2D eigenvalue weighted by Crippen LogP contribution is -2.54. The molecule has 0 aromatic heterocycles. The van der Waals surface area contributed by atoms with Crippen molar-refractivity contribution in [2.24, 2.45) is 0 Å². The first kappa shape index (κ1) is 34.0. The molecule has 2 amide bonds. The van der Waals surface area contributed by atoms with E-state index in [1.54, 1.807) is 54.6 Å². The second-order valence-electron chi connectivity index (χ2n) is 11.9. The number of carbonyl (C=O) groups is 2. The predicted octanol–water partition coefficient (Wildman–Crippen LogP) is 6.55. The number of nitrogens with one attached hydrogen (secondary N) is 1. The van der Waals surface area contributed by atoms with Gasteiger partial charge in [-0.3, -0.25) is 13.9 Å². The number of benzene rings is 4. The number of anilines is 1. The first-order valence-electron chi connectivity index (χ1n) is 15.8. The van der Waals surface area contributed by atoms with E-state index in [1.807, 2.05) is 43.3 Å². The fraction of sp³-hybridized carbons (Fsp3) is 0.297. The average molecular weight is 674 g/mol. The third-order valence-corrected chi connectivity index (χ3v) is 10.5. The van der Waals surface area contributed by atoms with E-state index in [0.717, 1.165) is 41.1 Å². The number of hydrogen-bond donors (Lipinski definition) is 1. The molecule has 1 fully saturated rings. The number of aryl methyl sites for hydroxylation is 1. The Balaban J connectivity index is 1.58. The minimum absolute atomic E-state index is 0.0269. The summed E-state index contributed by atoms with van der Waals surface area (Å²) in [7, 11) is -2.73. The van der Waals surface area contributed by atoms with Gasteiger partial charge in [-0.2, -0.15) is 0 Å². The summed E-state index contributed by atoms with van der Waals surface area (Å²) in [6, 6.07) is 28.8. The normalized spacial score (nSPS) is 13.9. The van der Waals surface area contributed by atoms with Gasteiger partial charge in [0.1, 0.15) is 18.3 Å². The fourth-order valence-electron chi connectivity index (χ4n) is 5.89. The van der Waals surface area contributed by atoms with Gasteiger partial charge >= 0.3 is 0 Å². The van der Waals surface area contributed by atoms with Gasteiger partial charge in [0.25, 0.3) is 10.0 Å². The summed E-state index contributed by atoms with van der Waals surface area (Å²) < 4.78 is 35.0. The van der Waals surface area contributed by atoms with Gasteiger partial charge in [-0.25, -0.2) is 8.42 Å². The van der Waals surface area contributed by atoms with E-state index in [4.69, 9.17) is 16.3 Å². The summed E-state index contributed by atoms with van der Waals surface area (Å²) in [4.78, 5) is 30.3. The van der Waals surface area contributed by atoms with Gasteiger partial charge in [0.15, 0.2) is 0 Å². The van der Waals surface area contributed by atoms with Crippen molar-refractivity contribution in [1.82, 2.24) is 10.2 Å². The average Bonchev–Trinajstić information content (AvgIpc) is 3.59. The van der Waals surface area contributed by atoms with Crippen LogP contribution < -0.4 is 14.4 Å². The van der Waals surface area contributed by atoms with Crippen molar-refractivity contribution in [3.8, 4) is 5.75 Å². The van der Waals surface area contributed by atoms with Crippen LogP contribution in [0.1, 0.15) is 42.4 Å². The molecule has 1 aliphatic rings. The zero-order chi connectivity index (χ0) is 33.4. The smallest absolute Gasteiger partial charge is 0.264 e. The van der Waals surface area contributed by atoms with Crippen molar-refractivity contribution in [3.63, 3.8) is 0 Å². The molecule has 5 rings (SSSR count). The largest absolute Gasteiger partial charge is 0.497 e. The van der Waals surface area contributed by atoms with Crippen LogP contribution in [0.3, 0.4) is 0 Å². The number of hydrogen-bond acceptors (Lipinski definition) is 5. The number of ether oxygens (including phenoxy) is 1. The second kappa shape index (κ2) is 15.5. The number of rotatable bonds is 13. The number of sulfonamides is 1. The Hall–Kier alpha value is -4.34. The number of amides is 2. The summed E-state index contributed by atoms with van der Waals surface area (Å²) in [6.07, 6.45) is 4.07. The molecule has 1 N–H and O–H groups in total. The molecule has 246 valence electrons. The topological polar surface area (TPSA) is 96.0 Å². The van der Waals surface area contributed by atoms with Gasteiger partial charge in [0.2, 0.25) is 11.8 Å².